The van der Waals surface area contributed by atoms with Crippen molar-refractivity contribution < 1.29 is 23.2 Å². The van der Waals surface area contributed by atoms with Gasteiger partial charge in [-0.25, -0.2) is 18.2 Å². The van der Waals surface area contributed by atoms with Crippen molar-refractivity contribution in [2.45, 2.75) is 37.3 Å². The Hall–Kier alpha value is -2.78. The van der Waals surface area contributed by atoms with E-state index in [1.165, 1.54) is 12.1 Å². The van der Waals surface area contributed by atoms with Gasteiger partial charge >= 0.3 is 0 Å². The van der Waals surface area contributed by atoms with Crippen molar-refractivity contribution in [2.24, 2.45) is 0 Å². The summed E-state index contributed by atoms with van der Waals surface area (Å²) in [6.45, 7) is 5.71. The van der Waals surface area contributed by atoms with Crippen LogP contribution in [0.5, 0.6) is 5.75 Å². The minimum atomic E-state index is -4.07. The second kappa shape index (κ2) is 7.33. The van der Waals surface area contributed by atoms with Crippen LogP contribution in [0.15, 0.2) is 53.4 Å². The van der Waals surface area contributed by atoms with Gasteiger partial charge in [-0.05, 0) is 57.2 Å². The van der Waals surface area contributed by atoms with Crippen LogP contribution in [0, 0.1) is 0 Å². The molecule has 3 rings (SSSR count). The monoisotopic (exact) mass is 405 g/mol. The van der Waals surface area contributed by atoms with E-state index in [9.17, 15) is 13.2 Å². The first-order valence-corrected chi connectivity index (χ1v) is 10.2. The van der Waals surface area contributed by atoms with Crippen LogP contribution >= 0.6 is 0 Å². The summed E-state index contributed by atoms with van der Waals surface area (Å²) in [4.78, 5) is 12.2. The maximum atomic E-state index is 13.4. The molecule has 1 atom stereocenters. The molecule has 0 unspecified atom stereocenters. The summed E-state index contributed by atoms with van der Waals surface area (Å²) >= 11 is 0. The summed E-state index contributed by atoms with van der Waals surface area (Å²) in [6.07, 6.45) is 0. The van der Waals surface area contributed by atoms with Gasteiger partial charge in [0.15, 0.2) is 0 Å². The molecule has 0 fully saturated rings. The number of rotatable bonds is 4. The van der Waals surface area contributed by atoms with E-state index >= 15 is 0 Å². The van der Waals surface area contributed by atoms with E-state index in [4.69, 9.17) is 9.94 Å². The zero-order valence-corrected chi connectivity index (χ0v) is 16.7. The minimum Gasteiger partial charge on any atom is -0.488 e. The highest BCUT2D eigenvalue weighted by molar-refractivity contribution is 7.93. The second-order valence-corrected chi connectivity index (χ2v) is 9.19. The number of anilines is 2. The number of hydroxylamine groups is 1. The van der Waals surface area contributed by atoms with Crippen molar-refractivity contribution in [2.75, 3.05) is 16.2 Å². The average Bonchev–Trinajstić information content (AvgIpc) is 2.65. The number of ether oxygens (including phenoxy) is 1. The topological polar surface area (TPSA) is 108 Å². The molecule has 0 saturated heterocycles. The van der Waals surface area contributed by atoms with E-state index in [2.05, 4.69) is 5.32 Å². The van der Waals surface area contributed by atoms with Crippen LogP contribution in [0.25, 0.3) is 0 Å². The average molecular weight is 405 g/mol. The number of benzene rings is 2. The Labute approximate surface area is 164 Å². The fourth-order valence-corrected chi connectivity index (χ4v) is 4.62. The van der Waals surface area contributed by atoms with Crippen LogP contribution in [0.2, 0.25) is 0 Å². The summed E-state index contributed by atoms with van der Waals surface area (Å²) in [5, 5.41) is 12.1. The van der Waals surface area contributed by atoms with Crippen LogP contribution in [0.4, 0.5) is 11.4 Å². The molecule has 8 nitrogen and oxygen atoms in total. The van der Waals surface area contributed by atoms with Crippen LogP contribution in [-0.2, 0) is 14.8 Å². The van der Waals surface area contributed by atoms with E-state index in [1.54, 1.807) is 41.9 Å². The summed E-state index contributed by atoms with van der Waals surface area (Å²) in [5.41, 5.74) is 2.05. The predicted octanol–water partition coefficient (Wildman–Crippen LogP) is 2.36. The lowest BCUT2D eigenvalue weighted by atomic mass is 10.1. The lowest BCUT2D eigenvalue weighted by Gasteiger charge is -2.36. The molecule has 150 valence electrons. The van der Waals surface area contributed by atoms with Gasteiger partial charge < -0.3 is 10.1 Å². The molecule has 0 bridgehead atoms. The van der Waals surface area contributed by atoms with Crippen molar-refractivity contribution >= 4 is 27.3 Å². The Morgan fingerprint density at radius 1 is 1.18 bits per heavy atom. The molecule has 28 heavy (non-hydrogen) atoms. The Kier molecular flexibility index (Phi) is 5.22. The van der Waals surface area contributed by atoms with Crippen molar-refractivity contribution in [1.82, 2.24) is 5.48 Å². The highest BCUT2D eigenvalue weighted by Gasteiger charge is 2.40. The maximum Gasteiger partial charge on any atom is 0.269 e. The van der Waals surface area contributed by atoms with Gasteiger partial charge in [0.2, 0.25) is 0 Å². The Balaban J connectivity index is 2.03. The molecule has 1 heterocycles. The molecule has 1 aliphatic rings. The van der Waals surface area contributed by atoms with Gasteiger partial charge in [-0.1, -0.05) is 12.1 Å². The Morgan fingerprint density at radius 2 is 1.82 bits per heavy atom. The normalized spacial score (nSPS) is 16.7. The summed E-state index contributed by atoms with van der Waals surface area (Å²) in [7, 11) is -4.07. The first-order valence-electron chi connectivity index (χ1n) is 8.74. The Morgan fingerprint density at radius 3 is 2.43 bits per heavy atom. The molecular formula is C19H23N3O5S. The number of nitrogens with zero attached hydrogens (tertiary/aromatic N) is 1. The van der Waals surface area contributed by atoms with E-state index < -0.39 is 27.6 Å². The van der Waals surface area contributed by atoms with Crippen LogP contribution in [0.1, 0.15) is 20.8 Å². The molecule has 9 heteroatoms. The fraction of sp³-hybridized carbons (Fsp3) is 0.316. The van der Waals surface area contributed by atoms with Gasteiger partial charge in [0.1, 0.15) is 17.4 Å². The molecule has 1 amide bonds. The number of carbonyl (C=O) groups excluding carboxylic acids is 1. The molecule has 0 aliphatic carbocycles. The third kappa shape index (κ3) is 3.90. The fourth-order valence-electron chi connectivity index (χ4n) is 2.99. The van der Waals surface area contributed by atoms with Crippen molar-refractivity contribution in [1.29, 1.82) is 0 Å². The highest BCUT2D eigenvalue weighted by atomic mass is 32.2. The summed E-state index contributed by atoms with van der Waals surface area (Å²) in [5.74, 6) is -0.282. The zero-order chi connectivity index (χ0) is 20.5. The maximum absolute atomic E-state index is 13.4. The number of hydrogen-bond donors (Lipinski definition) is 3. The van der Waals surface area contributed by atoms with E-state index in [1.807, 2.05) is 20.8 Å². The van der Waals surface area contributed by atoms with Gasteiger partial charge in [-0.3, -0.25) is 10.0 Å². The largest absolute Gasteiger partial charge is 0.488 e. The van der Waals surface area contributed by atoms with E-state index in [0.717, 1.165) is 4.31 Å². The molecule has 0 saturated carbocycles. The lowest BCUT2D eigenvalue weighted by molar-refractivity contribution is -0.130. The molecular weight excluding hydrogens is 382 g/mol. The Bertz CT molecular complexity index is 968. The first kappa shape index (κ1) is 20.0. The zero-order valence-electron chi connectivity index (χ0n) is 15.8. The molecule has 3 N–H and O–H groups in total. The van der Waals surface area contributed by atoms with Crippen LogP contribution < -0.4 is 19.8 Å². The molecule has 2 aromatic rings. The van der Waals surface area contributed by atoms with Crippen molar-refractivity contribution in [3.8, 4) is 5.75 Å². The van der Waals surface area contributed by atoms with Gasteiger partial charge in [-0.15, -0.1) is 0 Å². The molecule has 2 aromatic carbocycles. The SMILES string of the molecule is CC(C)(C)Oc1ccc(S(=O)(=O)N2c3ccccc3NC[C@@H]2C(=O)NO)cc1. The highest BCUT2D eigenvalue weighted by Crippen LogP contribution is 2.36. The van der Waals surface area contributed by atoms with Gasteiger partial charge in [0.25, 0.3) is 15.9 Å². The molecule has 0 spiro atoms. The number of carbonyl (C=O) groups is 1. The molecule has 0 radical (unpaired) electrons. The van der Waals surface area contributed by atoms with Crippen molar-refractivity contribution in [3.05, 3.63) is 48.5 Å². The van der Waals surface area contributed by atoms with Gasteiger partial charge in [0.05, 0.1) is 16.3 Å². The predicted molar refractivity (Wildman–Crippen MR) is 105 cm³/mol. The molecule has 1 aliphatic heterocycles. The second-order valence-electron chi connectivity index (χ2n) is 7.38. The standard InChI is InChI=1S/C19H23N3O5S/c1-19(2,3)27-13-8-10-14(11-9-13)28(25,26)22-16-7-5-4-6-15(16)20-12-17(22)18(23)21-24/h4-11,17,20,24H,12H2,1-3H3,(H,21,23)/t17-/m1/s1. The van der Waals surface area contributed by atoms with Crippen LogP contribution in [0.3, 0.4) is 0 Å². The summed E-state index contributed by atoms with van der Waals surface area (Å²) < 4.78 is 33.5. The quantitative estimate of drug-likeness (QED) is 0.532. The first-order chi connectivity index (χ1) is 13.1. The summed E-state index contributed by atoms with van der Waals surface area (Å²) in [6, 6.07) is 11.7. The third-order valence-corrected chi connectivity index (χ3v) is 5.96. The number of nitrogens with one attached hydrogen (secondary N) is 2. The van der Waals surface area contributed by atoms with Gasteiger partial charge in [-0.2, -0.15) is 0 Å². The number of amides is 1. The van der Waals surface area contributed by atoms with Gasteiger partial charge in [0, 0.05) is 6.54 Å². The van der Waals surface area contributed by atoms with Crippen LogP contribution in [-0.4, -0.2) is 37.7 Å². The van der Waals surface area contributed by atoms with E-state index in [-0.39, 0.29) is 11.4 Å². The number of para-hydroxylation sites is 2. The smallest absolute Gasteiger partial charge is 0.269 e. The van der Waals surface area contributed by atoms with Crippen molar-refractivity contribution in [3.63, 3.8) is 0 Å². The third-order valence-electron chi connectivity index (χ3n) is 4.13. The number of fused-ring (bicyclic) bond motifs is 1. The van der Waals surface area contributed by atoms with E-state index in [0.29, 0.717) is 17.1 Å². The number of hydrogen-bond acceptors (Lipinski definition) is 6. The lowest BCUT2D eigenvalue weighted by Crippen LogP contribution is -2.54. The minimum absolute atomic E-state index is 0.0150. The molecule has 0 aromatic heterocycles. The number of sulfonamides is 1.